The summed E-state index contributed by atoms with van der Waals surface area (Å²) in [5.41, 5.74) is 3.83. The average Bonchev–Trinajstić information content (AvgIpc) is 2.68. The number of nitrogens with one attached hydrogen (secondary N) is 1. The Kier molecular flexibility index (Phi) is 5.14. The fraction of sp³-hybridized carbons (Fsp3) is 0.136. The monoisotopic (exact) mass is 331 g/mol. The largest absolute Gasteiger partial charge is 0.496 e. The molecule has 0 aliphatic carbocycles. The summed E-state index contributed by atoms with van der Waals surface area (Å²) in [6.07, 6.45) is 0. The van der Waals surface area contributed by atoms with E-state index in [0.717, 1.165) is 22.4 Å². The zero-order valence-electron chi connectivity index (χ0n) is 14.4. The van der Waals surface area contributed by atoms with Gasteiger partial charge in [-0.3, -0.25) is 4.79 Å². The molecule has 3 heteroatoms. The Hall–Kier alpha value is -3.07. The molecule has 0 aromatic heterocycles. The fourth-order valence-electron chi connectivity index (χ4n) is 2.83. The van der Waals surface area contributed by atoms with Gasteiger partial charge < -0.3 is 10.1 Å². The van der Waals surface area contributed by atoms with Crippen LogP contribution in [0, 0.1) is 0 Å². The lowest BCUT2D eigenvalue weighted by Gasteiger charge is -2.17. The van der Waals surface area contributed by atoms with Crippen LogP contribution in [0.4, 0.5) is 0 Å². The number of para-hydroxylation sites is 1. The minimum absolute atomic E-state index is 0.0991. The number of hydrogen-bond donors (Lipinski definition) is 1. The Labute approximate surface area is 148 Å². The van der Waals surface area contributed by atoms with Gasteiger partial charge in [-0.2, -0.15) is 0 Å². The van der Waals surface area contributed by atoms with Crippen molar-refractivity contribution in [2.45, 2.75) is 13.0 Å². The smallest absolute Gasteiger partial charge is 0.251 e. The Morgan fingerprint density at radius 3 is 2.12 bits per heavy atom. The molecule has 0 saturated carbocycles. The summed E-state index contributed by atoms with van der Waals surface area (Å²) < 4.78 is 5.37. The summed E-state index contributed by atoms with van der Waals surface area (Å²) in [6, 6.07) is 25.3. The number of hydrogen-bond acceptors (Lipinski definition) is 2. The van der Waals surface area contributed by atoms with Gasteiger partial charge in [0.15, 0.2) is 0 Å². The van der Waals surface area contributed by atoms with Gasteiger partial charge >= 0.3 is 0 Å². The number of methoxy groups -OCH3 is 1. The highest BCUT2D eigenvalue weighted by molar-refractivity contribution is 5.95. The molecule has 1 N–H and O–H groups in total. The first-order valence-electron chi connectivity index (χ1n) is 8.28. The van der Waals surface area contributed by atoms with Crippen molar-refractivity contribution < 1.29 is 9.53 Å². The Bertz CT molecular complexity index is 841. The molecule has 0 bridgehead atoms. The van der Waals surface area contributed by atoms with Gasteiger partial charge in [-0.15, -0.1) is 0 Å². The van der Waals surface area contributed by atoms with E-state index >= 15 is 0 Å². The summed E-state index contributed by atoms with van der Waals surface area (Å²) >= 11 is 0. The van der Waals surface area contributed by atoms with Gasteiger partial charge in [0.2, 0.25) is 0 Å². The minimum atomic E-state index is -0.141. The van der Waals surface area contributed by atoms with Crippen molar-refractivity contribution >= 4 is 5.91 Å². The van der Waals surface area contributed by atoms with Crippen molar-refractivity contribution in [3.63, 3.8) is 0 Å². The van der Waals surface area contributed by atoms with Crippen LogP contribution in [-0.2, 0) is 0 Å². The normalized spacial score (nSPS) is 11.6. The van der Waals surface area contributed by atoms with E-state index in [-0.39, 0.29) is 11.9 Å². The summed E-state index contributed by atoms with van der Waals surface area (Å²) in [4.78, 5) is 12.5. The lowest BCUT2D eigenvalue weighted by molar-refractivity contribution is 0.0939. The topological polar surface area (TPSA) is 38.3 Å². The van der Waals surface area contributed by atoms with Crippen LogP contribution >= 0.6 is 0 Å². The highest BCUT2D eigenvalue weighted by Crippen LogP contribution is 2.25. The molecule has 3 rings (SSSR count). The van der Waals surface area contributed by atoms with Gasteiger partial charge in [0.25, 0.3) is 5.91 Å². The Morgan fingerprint density at radius 2 is 1.44 bits per heavy atom. The third-order valence-corrected chi connectivity index (χ3v) is 4.21. The molecule has 0 saturated heterocycles. The van der Waals surface area contributed by atoms with Gasteiger partial charge in [-0.05, 0) is 36.2 Å². The molecule has 0 heterocycles. The van der Waals surface area contributed by atoms with E-state index in [1.165, 1.54) is 0 Å². The van der Waals surface area contributed by atoms with E-state index in [4.69, 9.17) is 4.74 Å². The van der Waals surface area contributed by atoms with Crippen molar-refractivity contribution in [1.29, 1.82) is 0 Å². The number of amides is 1. The van der Waals surface area contributed by atoms with Crippen molar-refractivity contribution in [3.05, 3.63) is 90.0 Å². The SMILES string of the molecule is COc1ccccc1[C@H](C)NC(=O)c1ccc(-c2ccccc2)cc1. The van der Waals surface area contributed by atoms with Crippen LogP contribution < -0.4 is 10.1 Å². The van der Waals surface area contributed by atoms with E-state index in [1.807, 2.05) is 73.7 Å². The molecule has 126 valence electrons. The van der Waals surface area contributed by atoms with Crippen LogP contribution in [0.2, 0.25) is 0 Å². The lowest BCUT2D eigenvalue weighted by Crippen LogP contribution is -2.26. The van der Waals surface area contributed by atoms with Gasteiger partial charge in [0, 0.05) is 11.1 Å². The van der Waals surface area contributed by atoms with E-state index in [1.54, 1.807) is 7.11 Å². The van der Waals surface area contributed by atoms with Crippen molar-refractivity contribution in [2.75, 3.05) is 7.11 Å². The fourth-order valence-corrected chi connectivity index (χ4v) is 2.83. The number of carbonyl (C=O) groups is 1. The molecular weight excluding hydrogens is 310 g/mol. The number of carbonyl (C=O) groups excluding carboxylic acids is 1. The van der Waals surface area contributed by atoms with Crippen LogP contribution in [0.5, 0.6) is 5.75 Å². The van der Waals surface area contributed by atoms with E-state index in [2.05, 4.69) is 17.4 Å². The molecule has 3 aromatic rings. The van der Waals surface area contributed by atoms with Crippen molar-refractivity contribution in [2.24, 2.45) is 0 Å². The number of ether oxygens (including phenoxy) is 1. The Morgan fingerprint density at radius 1 is 0.840 bits per heavy atom. The first-order valence-corrected chi connectivity index (χ1v) is 8.28. The van der Waals surface area contributed by atoms with E-state index in [9.17, 15) is 4.79 Å². The molecule has 0 aliphatic heterocycles. The minimum Gasteiger partial charge on any atom is -0.496 e. The van der Waals surface area contributed by atoms with Crippen LogP contribution in [-0.4, -0.2) is 13.0 Å². The molecular formula is C22H21NO2. The lowest BCUT2D eigenvalue weighted by atomic mass is 10.0. The summed E-state index contributed by atoms with van der Waals surface area (Å²) in [6.45, 7) is 1.95. The quantitative estimate of drug-likeness (QED) is 0.725. The average molecular weight is 331 g/mol. The van der Waals surface area contributed by atoms with Gasteiger partial charge in [0.05, 0.1) is 13.2 Å². The predicted molar refractivity (Wildman–Crippen MR) is 101 cm³/mol. The molecule has 25 heavy (non-hydrogen) atoms. The first-order chi connectivity index (χ1) is 12.2. The molecule has 0 radical (unpaired) electrons. The summed E-state index contributed by atoms with van der Waals surface area (Å²) in [5.74, 6) is 0.674. The van der Waals surface area contributed by atoms with Crippen LogP contribution in [0.25, 0.3) is 11.1 Å². The maximum absolute atomic E-state index is 12.5. The standard InChI is InChI=1S/C22H21NO2/c1-16(20-10-6-7-11-21(20)25-2)23-22(24)19-14-12-18(13-15-19)17-8-4-3-5-9-17/h3-16H,1-2H3,(H,23,24)/t16-/m0/s1. The van der Waals surface area contributed by atoms with E-state index in [0.29, 0.717) is 5.56 Å². The maximum Gasteiger partial charge on any atom is 0.251 e. The molecule has 0 fully saturated rings. The van der Waals surface area contributed by atoms with Crippen LogP contribution in [0.1, 0.15) is 28.9 Å². The molecule has 3 nitrogen and oxygen atoms in total. The first kappa shape index (κ1) is 16.8. The van der Waals surface area contributed by atoms with Gasteiger partial charge in [-0.1, -0.05) is 60.7 Å². The second-order valence-corrected chi connectivity index (χ2v) is 5.88. The maximum atomic E-state index is 12.5. The zero-order valence-corrected chi connectivity index (χ0v) is 14.4. The third kappa shape index (κ3) is 3.89. The molecule has 0 aliphatic rings. The molecule has 0 unspecified atom stereocenters. The molecule has 0 spiro atoms. The summed E-state index contributed by atoms with van der Waals surface area (Å²) in [7, 11) is 1.63. The highest BCUT2D eigenvalue weighted by Gasteiger charge is 2.14. The van der Waals surface area contributed by atoms with Gasteiger partial charge in [0.1, 0.15) is 5.75 Å². The number of benzene rings is 3. The number of rotatable bonds is 5. The third-order valence-electron chi connectivity index (χ3n) is 4.21. The molecule has 3 aromatic carbocycles. The molecule has 1 amide bonds. The second kappa shape index (κ2) is 7.67. The van der Waals surface area contributed by atoms with E-state index < -0.39 is 0 Å². The summed E-state index contributed by atoms with van der Waals surface area (Å²) in [5, 5.41) is 3.03. The Balaban J connectivity index is 1.73. The van der Waals surface area contributed by atoms with Crippen molar-refractivity contribution in [1.82, 2.24) is 5.32 Å². The zero-order chi connectivity index (χ0) is 17.6. The van der Waals surface area contributed by atoms with Crippen LogP contribution in [0.3, 0.4) is 0 Å². The predicted octanol–water partition coefficient (Wildman–Crippen LogP) is 4.85. The highest BCUT2D eigenvalue weighted by atomic mass is 16.5. The van der Waals surface area contributed by atoms with Crippen molar-refractivity contribution in [3.8, 4) is 16.9 Å². The second-order valence-electron chi connectivity index (χ2n) is 5.88. The van der Waals surface area contributed by atoms with Crippen LogP contribution in [0.15, 0.2) is 78.9 Å². The van der Waals surface area contributed by atoms with Gasteiger partial charge in [-0.25, -0.2) is 0 Å². The molecule has 1 atom stereocenters.